The van der Waals surface area contributed by atoms with Crippen LogP contribution in [0.15, 0.2) is 23.1 Å². The van der Waals surface area contributed by atoms with Gasteiger partial charge in [0, 0.05) is 19.7 Å². The fourth-order valence-electron chi connectivity index (χ4n) is 1.98. The van der Waals surface area contributed by atoms with Crippen LogP contribution in [0.5, 0.6) is 0 Å². The summed E-state index contributed by atoms with van der Waals surface area (Å²) in [4.78, 5) is -0.450. The summed E-state index contributed by atoms with van der Waals surface area (Å²) in [6.07, 6.45) is 0.271. The standard InChI is InChI=1S/C15H21FN2O3S/c1-15(2,3)11-18(7-4-8-19)22(20,21)14-6-5-12(10-17)9-13(14)16/h5-6,9,19H,4,7-8,11H2,1-3H3. The van der Waals surface area contributed by atoms with Crippen molar-refractivity contribution in [2.24, 2.45) is 5.41 Å². The van der Waals surface area contributed by atoms with Crippen molar-refractivity contribution in [1.82, 2.24) is 4.31 Å². The van der Waals surface area contributed by atoms with Crippen LogP contribution in [0.25, 0.3) is 0 Å². The Bertz CT molecular complexity index is 660. The first-order valence-electron chi connectivity index (χ1n) is 6.92. The fraction of sp³-hybridized carbons (Fsp3) is 0.533. The van der Waals surface area contributed by atoms with E-state index in [1.807, 2.05) is 20.8 Å². The van der Waals surface area contributed by atoms with E-state index in [9.17, 15) is 12.8 Å². The van der Waals surface area contributed by atoms with E-state index in [-0.39, 0.29) is 37.1 Å². The third-order valence-electron chi connectivity index (χ3n) is 2.90. The zero-order valence-corrected chi connectivity index (χ0v) is 13.8. The van der Waals surface area contributed by atoms with E-state index in [4.69, 9.17) is 10.4 Å². The quantitative estimate of drug-likeness (QED) is 0.867. The van der Waals surface area contributed by atoms with Gasteiger partial charge in [-0.3, -0.25) is 0 Å². The summed E-state index contributed by atoms with van der Waals surface area (Å²) in [5, 5.41) is 17.7. The van der Waals surface area contributed by atoms with Crippen molar-refractivity contribution < 1.29 is 17.9 Å². The Morgan fingerprint density at radius 1 is 1.36 bits per heavy atom. The Labute approximate surface area is 131 Å². The highest BCUT2D eigenvalue weighted by Gasteiger charge is 2.30. The number of rotatable bonds is 6. The minimum absolute atomic E-state index is 0.0641. The Morgan fingerprint density at radius 2 is 2.00 bits per heavy atom. The summed E-state index contributed by atoms with van der Waals surface area (Å²) in [7, 11) is -4.02. The Kier molecular flexibility index (Phi) is 6.06. The number of aliphatic hydroxyl groups is 1. The second kappa shape index (κ2) is 7.18. The lowest BCUT2D eigenvalue weighted by Gasteiger charge is -2.29. The molecule has 0 saturated heterocycles. The second-order valence-electron chi connectivity index (χ2n) is 6.23. The van der Waals surface area contributed by atoms with Gasteiger partial charge in [0.2, 0.25) is 10.0 Å². The predicted molar refractivity (Wildman–Crippen MR) is 81.0 cm³/mol. The average Bonchev–Trinajstić information content (AvgIpc) is 2.41. The molecule has 0 amide bonds. The number of nitrogens with zero attached hydrogens (tertiary/aromatic N) is 2. The highest BCUT2D eigenvalue weighted by Crippen LogP contribution is 2.24. The third-order valence-corrected chi connectivity index (χ3v) is 4.77. The van der Waals surface area contributed by atoms with E-state index in [0.29, 0.717) is 0 Å². The van der Waals surface area contributed by atoms with Gasteiger partial charge in [-0.2, -0.15) is 9.57 Å². The average molecular weight is 328 g/mol. The van der Waals surface area contributed by atoms with E-state index in [1.54, 1.807) is 6.07 Å². The number of nitriles is 1. The maximum absolute atomic E-state index is 14.0. The van der Waals surface area contributed by atoms with Crippen LogP contribution in [0.3, 0.4) is 0 Å². The highest BCUT2D eigenvalue weighted by atomic mass is 32.2. The largest absolute Gasteiger partial charge is 0.396 e. The molecule has 7 heteroatoms. The molecule has 0 aromatic heterocycles. The molecule has 1 N–H and O–H groups in total. The molecule has 1 aromatic carbocycles. The summed E-state index contributed by atoms with van der Waals surface area (Å²) in [5.74, 6) is -0.943. The smallest absolute Gasteiger partial charge is 0.246 e. The maximum Gasteiger partial charge on any atom is 0.246 e. The van der Waals surface area contributed by atoms with Crippen LogP contribution in [0.2, 0.25) is 0 Å². The van der Waals surface area contributed by atoms with Gasteiger partial charge in [-0.05, 0) is 30.0 Å². The molecule has 0 radical (unpaired) electrons. The molecule has 1 aromatic rings. The van der Waals surface area contributed by atoms with Crippen LogP contribution in [0, 0.1) is 22.6 Å². The molecule has 1 rings (SSSR count). The van der Waals surface area contributed by atoms with Gasteiger partial charge in [-0.25, -0.2) is 12.8 Å². The van der Waals surface area contributed by atoms with Gasteiger partial charge in [-0.15, -0.1) is 0 Å². The molecule has 122 valence electrons. The van der Waals surface area contributed by atoms with E-state index >= 15 is 0 Å². The Hall–Kier alpha value is -1.49. The zero-order valence-electron chi connectivity index (χ0n) is 13.0. The van der Waals surface area contributed by atoms with Crippen molar-refractivity contribution in [3.8, 4) is 6.07 Å². The number of aliphatic hydroxyl groups excluding tert-OH is 1. The minimum atomic E-state index is -4.02. The lowest BCUT2D eigenvalue weighted by molar-refractivity contribution is 0.240. The molecule has 22 heavy (non-hydrogen) atoms. The third kappa shape index (κ3) is 4.77. The molecule has 0 aliphatic heterocycles. The van der Waals surface area contributed by atoms with Crippen LogP contribution in [0.4, 0.5) is 4.39 Å². The summed E-state index contributed by atoms with van der Waals surface area (Å²) in [5.41, 5.74) is -0.250. The van der Waals surface area contributed by atoms with E-state index in [1.165, 1.54) is 10.4 Å². The second-order valence-corrected chi connectivity index (χ2v) is 8.14. The van der Waals surface area contributed by atoms with Crippen LogP contribution < -0.4 is 0 Å². The molecular weight excluding hydrogens is 307 g/mol. The summed E-state index contributed by atoms with van der Waals surface area (Å²) >= 11 is 0. The summed E-state index contributed by atoms with van der Waals surface area (Å²) in [6.45, 7) is 5.80. The number of benzene rings is 1. The van der Waals surface area contributed by atoms with Crippen LogP contribution >= 0.6 is 0 Å². The first kappa shape index (κ1) is 18.6. The molecule has 0 saturated carbocycles. The lowest BCUT2D eigenvalue weighted by atomic mass is 9.97. The molecule has 0 fully saturated rings. The topological polar surface area (TPSA) is 81.4 Å². The first-order chi connectivity index (χ1) is 10.1. The highest BCUT2D eigenvalue weighted by molar-refractivity contribution is 7.89. The van der Waals surface area contributed by atoms with Gasteiger partial charge < -0.3 is 5.11 Å². The molecule has 0 heterocycles. The molecule has 5 nitrogen and oxygen atoms in total. The zero-order chi connectivity index (χ0) is 17.0. The van der Waals surface area contributed by atoms with Crippen LogP contribution in [-0.2, 0) is 10.0 Å². The van der Waals surface area contributed by atoms with Gasteiger partial charge >= 0.3 is 0 Å². The molecule has 0 spiro atoms. The van der Waals surface area contributed by atoms with E-state index < -0.39 is 20.7 Å². The summed E-state index contributed by atoms with van der Waals surface area (Å²) in [6, 6.07) is 5.06. The number of halogens is 1. The van der Waals surface area contributed by atoms with Crippen LogP contribution in [-0.4, -0.2) is 37.5 Å². The van der Waals surface area contributed by atoms with Gasteiger partial charge in [0.05, 0.1) is 11.6 Å². The number of hydrogen-bond acceptors (Lipinski definition) is 4. The normalized spacial score (nSPS) is 12.4. The minimum Gasteiger partial charge on any atom is -0.396 e. The van der Waals surface area contributed by atoms with Crippen molar-refractivity contribution in [2.75, 3.05) is 19.7 Å². The van der Waals surface area contributed by atoms with E-state index in [2.05, 4.69) is 0 Å². The Balaban J connectivity index is 3.24. The van der Waals surface area contributed by atoms with Gasteiger partial charge in [0.1, 0.15) is 10.7 Å². The van der Waals surface area contributed by atoms with Crippen molar-refractivity contribution in [3.05, 3.63) is 29.6 Å². The number of sulfonamides is 1. The first-order valence-corrected chi connectivity index (χ1v) is 8.36. The van der Waals surface area contributed by atoms with Crippen molar-refractivity contribution >= 4 is 10.0 Å². The molecule has 0 atom stereocenters. The maximum atomic E-state index is 14.0. The van der Waals surface area contributed by atoms with Gasteiger partial charge in [0.25, 0.3) is 0 Å². The van der Waals surface area contributed by atoms with E-state index in [0.717, 1.165) is 12.1 Å². The Morgan fingerprint density at radius 3 is 2.45 bits per heavy atom. The van der Waals surface area contributed by atoms with Crippen molar-refractivity contribution in [3.63, 3.8) is 0 Å². The SMILES string of the molecule is CC(C)(C)CN(CCCO)S(=O)(=O)c1ccc(C#N)cc1F. The number of hydrogen-bond donors (Lipinski definition) is 1. The molecule has 0 aliphatic rings. The van der Waals surface area contributed by atoms with Gasteiger partial charge in [-0.1, -0.05) is 20.8 Å². The fourth-order valence-corrected chi connectivity index (χ4v) is 3.73. The van der Waals surface area contributed by atoms with Gasteiger partial charge in [0.15, 0.2) is 0 Å². The molecule has 0 aliphatic carbocycles. The monoisotopic (exact) mass is 328 g/mol. The molecule has 0 unspecified atom stereocenters. The molecular formula is C15H21FN2O3S. The lowest BCUT2D eigenvalue weighted by Crippen LogP contribution is -2.39. The van der Waals surface area contributed by atoms with Crippen molar-refractivity contribution in [1.29, 1.82) is 5.26 Å². The summed E-state index contributed by atoms with van der Waals surface area (Å²) < 4.78 is 40.5. The molecule has 0 bridgehead atoms. The van der Waals surface area contributed by atoms with Crippen LogP contribution in [0.1, 0.15) is 32.8 Å². The van der Waals surface area contributed by atoms with Crippen molar-refractivity contribution in [2.45, 2.75) is 32.1 Å². The predicted octanol–water partition coefficient (Wildman–Crippen LogP) is 2.12.